The molecule has 11 heteroatoms. The number of nitrogens with two attached hydrogens (primary N) is 1. The number of nitrogens with one attached hydrogen (secondary N) is 2. The number of halogens is 3. The molecule has 2 aromatic heterocycles. The molecule has 2 aromatic carbocycles. The molecule has 0 aliphatic heterocycles. The number of hydrogen-bond donors (Lipinski definition) is 3. The molecule has 194 valence electrons. The van der Waals surface area contributed by atoms with Crippen molar-refractivity contribution in [2.24, 2.45) is 11.8 Å². The van der Waals surface area contributed by atoms with Gasteiger partial charge in [-0.1, -0.05) is 20.4 Å². The van der Waals surface area contributed by atoms with E-state index in [0.717, 1.165) is 12.1 Å². The van der Waals surface area contributed by atoms with E-state index in [1.54, 1.807) is 36.0 Å². The Kier molecular flexibility index (Phi) is 7.08. The first kappa shape index (κ1) is 26.0. The highest BCUT2D eigenvalue weighted by Crippen LogP contribution is 2.30. The molecule has 2 heterocycles. The Morgan fingerprint density at radius 2 is 1.95 bits per heavy atom. The molecule has 37 heavy (non-hydrogen) atoms. The smallest absolute Gasteiger partial charge is 0.342 e. The summed E-state index contributed by atoms with van der Waals surface area (Å²) in [4.78, 5) is 17.4. The quantitative estimate of drug-likeness (QED) is 0.261. The Labute approximate surface area is 211 Å². The number of H-pyrrole nitrogens is 1. The van der Waals surface area contributed by atoms with Crippen LogP contribution in [-0.2, 0) is 6.18 Å². The normalized spacial score (nSPS) is 13.4. The topological polar surface area (TPSA) is 105 Å². The third kappa shape index (κ3) is 5.51. The first-order chi connectivity index (χ1) is 17.5. The van der Waals surface area contributed by atoms with E-state index in [-0.39, 0.29) is 11.9 Å². The molecule has 8 nitrogen and oxygen atoms in total. The number of hydrogen-bond acceptors (Lipinski definition) is 5. The second-order valence-electron chi connectivity index (χ2n) is 9.29. The Morgan fingerprint density at radius 3 is 2.51 bits per heavy atom. The fourth-order valence-electron chi connectivity index (χ4n) is 4.29. The average Bonchev–Trinajstić information content (AvgIpc) is 3.45. The second-order valence-corrected chi connectivity index (χ2v) is 9.29. The van der Waals surface area contributed by atoms with E-state index < -0.39 is 11.7 Å². The first-order valence-electron chi connectivity index (χ1n) is 11.6. The molecule has 1 unspecified atom stereocenters. The highest BCUT2D eigenvalue weighted by molar-refractivity contribution is 5.99. The minimum absolute atomic E-state index is 0.297. The van der Waals surface area contributed by atoms with Crippen LogP contribution in [0.2, 0.25) is 0 Å². The van der Waals surface area contributed by atoms with Crippen LogP contribution < -0.4 is 21.7 Å². The van der Waals surface area contributed by atoms with Gasteiger partial charge in [0.05, 0.1) is 17.1 Å². The maximum Gasteiger partial charge on any atom is 0.416 e. The summed E-state index contributed by atoms with van der Waals surface area (Å²) in [5.41, 5.74) is 0.832. The third-order valence-electron chi connectivity index (χ3n) is 5.93. The van der Waals surface area contributed by atoms with Gasteiger partial charge in [-0.15, -0.1) is 0 Å². The van der Waals surface area contributed by atoms with E-state index in [2.05, 4.69) is 27.1 Å². The number of fused-ring (bicyclic) bond motifs is 1. The van der Waals surface area contributed by atoms with Crippen molar-refractivity contribution in [1.29, 1.82) is 0 Å². The molecular formula is C26H28F3N7O. The van der Waals surface area contributed by atoms with Crippen molar-refractivity contribution in [3.63, 3.8) is 0 Å². The summed E-state index contributed by atoms with van der Waals surface area (Å²) >= 11 is 0. The molecule has 0 fully saturated rings. The van der Waals surface area contributed by atoms with Crippen LogP contribution in [-0.4, -0.2) is 37.7 Å². The van der Waals surface area contributed by atoms with Gasteiger partial charge in [-0.2, -0.15) is 18.3 Å². The van der Waals surface area contributed by atoms with Gasteiger partial charge in [-0.3, -0.25) is 9.89 Å². The van der Waals surface area contributed by atoms with Gasteiger partial charge in [0.25, 0.3) is 5.91 Å². The number of hydrazine groups is 1. The summed E-state index contributed by atoms with van der Waals surface area (Å²) < 4.78 is 41.0. The number of nitrogens with zero attached hydrogens (tertiary/aromatic N) is 4. The number of benzene rings is 2. The third-order valence-corrected chi connectivity index (χ3v) is 5.93. The number of carbonyl (C=O) groups excluding carboxylic acids is 1. The number of carbonyl (C=O) groups is 1. The molecule has 0 bridgehead atoms. The van der Waals surface area contributed by atoms with Crippen molar-refractivity contribution < 1.29 is 18.0 Å². The Hall–Kier alpha value is -4.12. The fourth-order valence-corrected chi connectivity index (χ4v) is 4.29. The lowest BCUT2D eigenvalue weighted by Gasteiger charge is -2.18. The van der Waals surface area contributed by atoms with Crippen LogP contribution in [0.15, 0.2) is 48.8 Å². The molecule has 0 saturated carbocycles. The Balaban J connectivity index is 1.79. The highest BCUT2D eigenvalue weighted by Gasteiger charge is 2.30. The van der Waals surface area contributed by atoms with Crippen LogP contribution in [0.5, 0.6) is 0 Å². The summed E-state index contributed by atoms with van der Waals surface area (Å²) in [5.74, 6) is 6.44. The van der Waals surface area contributed by atoms with Crippen LogP contribution in [0.3, 0.4) is 0 Å². The summed E-state index contributed by atoms with van der Waals surface area (Å²) in [6.07, 6.45) is -0.726. The van der Waals surface area contributed by atoms with Gasteiger partial charge >= 0.3 is 6.18 Å². The average molecular weight is 512 g/mol. The zero-order valence-electron chi connectivity index (χ0n) is 20.7. The van der Waals surface area contributed by atoms with Gasteiger partial charge in [-0.05, 0) is 54.8 Å². The standard InChI is InChI=1S/C26H28F3N7O/c1-15(2)11-22(24-31-14-32-34-24)33-25(37)17-5-10-23-20(12-17)21(13-35(4)30)16(3)36(23)19-8-6-18(7-9-19)26(27,28)29/h5-10,12-15,22H,3,11,30H2,1-2,4H3,(H,33,37)(H,31,32,34)/b21-13+. The molecule has 4 N–H and O–H groups in total. The minimum atomic E-state index is -4.44. The molecule has 4 rings (SSSR count). The molecule has 0 saturated heterocycles. The molecule has 0 spiro atoms. The van der Waals surface area contributed by atoms with Gasteiger partial charge < -0.3 is 14.9 Å². The Bertz CT molecular complexity index is 1510. The number of aromatic nitrogens is 4. The van der Waals surface area contributed by atoms with Gasteiger partial charge in [0.15, 0.2) is 0 Å². The van der Waals surface area contributed by atoms with E-state index in [9.17, 15) is 18.0 Å². The molecule has 0 aliphatic carbocycles. The van der Waals surface area contributed by atoms with Crippen molar-refractivity contribution >= 4 is 29.6 Å². The molecule has 1 amide bonds. The van der Waals surface area contributed by atoms with Crippen molar-refractivity contribution in [2.75, 3.05) is 7.05 Å². The van der Waals surface area contributed by atoms with Gasteiger partial charge in [0.1, 0.15) is 12.2 Å². The predicted molar refractivity (Wildman–Crippen MR) is 136 cm³/mol. The maximum absolute atomic E-state index is 13.3. The number of rotatable bonds is 7. The summed E-state index contributed by atoms with van der Waals surface area (Å²) in [6.45, 7) is 8.25. The summed E-state index contributed by atoms with van der Waals surface area (Å²) in [7, 11) is 1.64. The van der Waals surface area contributed by atoms with Crippen LogP contribution in [0.4, 0.5) is 13.2 Å². The summed E-state index contributed by atoms with van der Waals surface area (Å²) in [6, 6.07) is 9.62. The lowest BCUT2D eigenvalue weighted by molar-refractivity contribution is -0.137. The molecule has 4 aromatic rings. The van der Waals surface area contributed by atoms with Crippen LogP contribution in [0.1, 0.15) is 48.1 Å². The fraction of sp³-hybridized carbons (Fsp3) is 0.269. The van der Waals surface area contributed by atoms with Crippen molar-refractivity contribution in [3.05, 3.63) is 76.3 Å². The van der Waals surface area contributed by atoms with Crippen molar-refractivity contribution in [3.8, 4) is 5.69 Å². The van der Waals surface area contributed by atoms with Crippen molar-refractivity contribution in [1.82, 2.24) is 30.1 Å². The second kappa shape index (κ2) is 10.1. The molecular weight excluding hydrogens is 483 g/mol. The monoisotopic (exact) mass is 511 g/mol. The molecule has 1 atom stereocenters. The van der Waals surface area contributed by atoms with E-state index >= 15 is 0 Å². The van der Waals surface area contributed by atoms with Gasteiger partial charge in [-0.25, -0.2) is 10.8 Å². The van der Waals surface area contributed by atoms with E-state index in [1.807, 2.05) is 13.8 Å². The maximum atomic E-state index is 13.3. The number of alkyl halides is 3. The number of amides is 1. The van der Waals surface area contributed by atoms with E-state index in [0.29, 0.717) is 50.9 Å². The Morgan fingerprint density at radius 1 is 1.24 bits per heavy atom. The van der Waals surface area contributed by atoms with Crippen LogP contribution in [0, 0.1) is 5.92 Å². The molecule has 0 radical (unpaired) electrons. The highest BCUT2D eigenvalue weighted by atomic mass is 19.4. The predicted octanol–water partition coefficient (Wildman–Crippen LogP) is 3.24. The van der Waals surface area contributed by atoms with Gasteiger partial charge in [0, 0.05) is 40.5 Å². The SMILES string of the molecule is C=c1/c(=C\N(C)N)c2cc(C(=O)NC(CC(C)C)c3ncn[nH]3)ccc2n1-c1ccc(C(F)(F)F)cc1. The van der Waals surface area contributed by atoms with E-state index in [4.69, 9.17) is 5.84 Å². The zero-order chi connectivity index (χ0) is 26.9. The summed E-state index contributed by atoms with van der Waals surface area (Å²) in [5, 5.41) is 12.9. The number of aromatic amines is 1. The molecule has 0 aliphatic rings. The van der Waals surface area contributed by atoms with E-state index in [1.165, 1.54) is 23.5 Å². The van der Waals surface area contributed by atoms with Crippen molar-refractivity contribution in [2.45, 2.75) is 32.5 Å². The largest absolute Gasteiger partial charge is 0.416 e. The minimum Gasteiger partial charge on any atom is -0.342 e. The zero-order valence-corrected chi connectivity index (χ0v) is 20.7. The van der Waals surface area contributed by atoms with Crippen LogP contribution in [0.25, 0.3) is 29.4 Å². The first-order valence-corrected chi connectivity index (χ1v) is 11.6. The van der Waals surface area contributed by atoms with Crippen LogP contribution >= 0.6 is 0 Å². The van der Waals surface area contributed by atoms with Gasteiger partial charge in [0.2, 0.25) is 0 Å². The lowest BCUT2D eigenvalue weighted by Crippen LogP contribution is -2.32. The lowest BCUT2D eigenvalue weighted by atomic mass is 10.0.